The van der Waals surface area contributed by atoms with E-state index in [1.165, 1.54) is 12.7 Å². The van der Waals surface area contributed by atoms with Crippen molar-refractivity contribution in [2.75, 3.05) is 20.2 Å². The number of aryl methyl sites for hydroxylation is 3. The van der Waals surface area contributed by atoms with Gasteiger partial charge < -0.3 is 14.1 Å². The Morgan fingerprint density at radius 1 is 1.14 bits per heavy atom. The Morgan fingerprint density at radius 2 is 1.82 bits per heavy atom. The van der Waals surface area contributed by atoms with Crippen molar-refractivity contribution in [2.45, 2.75) is 19.8 Å². The summed E-state index contributed by atoms with van der Waals surface area (Å²) < 4.78 is 10.2. The van der Waals surface area contributed by atoms with Crippen LogP contribution in [0.25, 0.3) is 0 Å². The van der Waals surface area contributed by atoms with Crippen molar-refractivity contribution in [3.63, 3.8) is 0 Å². The maximum atomic E-state index is 12.8. The standard InChI is InChI=1S/C22H23NO5/c1-13-10-15(9-8-14-6-4-3-5-7-14)28-22(26)18(13)20(24)23-11-16-17(12-23)19(16)21(25)27-2/h3-7,10,16-17,19H,8-9,11-12H2,1-2H3/t16-,17+,19?. The van der Waals surface area contributed by atoms with Crippen LogP contribution in [-0.4, -0.2) is 37.0 Å². The van der Waals surface area contributed by atoms with E-state index in [2.05, 4.69) is 0 Å². The minimum absolute atomic E-state index is 0.0966. The van der Waals surface area contributed by atoms with Gasteiger partial charge in [0.25, 0.3) is 5.91 Å². The van der Waals surface area contributed by atoms with E-state index in [-0.39, 0.29) is 35.2 Å². The normalized spacial score (nSPS) is 22.6. The van der Waals surface area contributed by atoms with Gasteiger partial charge in [-0.15, -0.1) is 0 Å². The highest BCUT2D eigenvalue weighted by Crippen LogP contribution is 2.52. The fourth-order valence-electron chi connectivity index (χ4n) is 4.30. The van der Waals surface area contributed by atoms with Crippen LogP contribution in [0.2, 0.25) is 0 Å². The molecule has 1 amide bonds. The van der Waals surface area contributed by atoms with Crippen LogP contribution in [0, 0.1) is 24.7 Å². The number of nitrogens with zero attached hydrogens (tertiary/aromatic N) is 1. The molecule has 6 nitrogen and oxygen atoms in total. The van der Waals surface area contributed by atoms with E-state index in [0.717, 1.165) is 6.42 Å². The molecule has 1 saturated heterocycles. The molecule has 146 valence electrons. The van der Waals surface area contributed by atoms with Gasteiger partial charge in [0.1, 0.15) is 11.3 Å². The molecule has 1 aliphatic heterocycles. The van der Waals surface area contributed by atoms with Gasteiger partial charge in [0.05, 0.1) is 13.0 Å². The number of hydrogen-bond acceptors (Lipinski definition) is 5. The second-order valence-electron chi connectivity index (χ2n) is 7.63. The molecule has 0 radical (unpaired) electrons. The van der Waals surface area contributed by atoms with E-state index < -0.39 is 5.63 Å². The van der Waals surface area contributed by atoms with Crippen molar-refractivity contribution < 1.29 is 18.7 Å². The molecule has 1 aromatic heterocycles. The number of rotatable bonds is 5. The molecule has 2 fully saturated rings. The van der Waals surface area contributed by atoms with Crippen LogP contribution in [-0.2, 0) is 22.4 Å². The Kier molecular flexibility index (Phi) is 4.79. The number of piperidine rings is 1. The number of fused-ring (bicyclic) bond motifs is 1. The Bertz CT molecular complexity index is 953. The number of carbonyl (C=O) groups is 2. The number of hydrogen-bond donors (Lipinski definition) is 0. The van der Waals surface area contributed by atoms with Crippen molar-refractivity contribution in [1.82, 2.24) is 4.90 Å². The van der Waals surface area contributed by atoms with Gasteiger partial charge in [-0.3, -0.25) is 9.59 Å². The van der Waals surface area contributed by atoms with E-state index in [1.807, 2.05) is 30.3 Å². The summed E-state index contributed by atoms with van der Waals surface area (Å²) in [6, 6.07) is 11.8. The van der Waals surface area contributed by atoms with Crippen LogP contribution in [0.3, 0.4) is 0 Å². The predicted molar refractivity (Wildman–Crippen MR) is 102 cm³/mol. The highest BCUT2D eigenvalue weighted by Gasteiger charge is 2.61. The number of methoxy groups -OCH3 is 1. The van der Waals surface area contributed by atoms with Crippen LogP contribution < -0.4 is 5.63 Å². The van der Waals surface area contributed by atoms with E-state index in [9.17, 15) is 14.4 Å². The van der Waals surface area contributed by atoms with Gasteiger partial charge in [-0.05, 0) is 42.4 Å². The fourth-order valence-corrected chi connectivity index (χ4v) is 4.30. The lowest BCUT2D eigenvalue weighted by Crippen LogP contribution is -2.36. The summed E-state index contributed by atoms with van der Waals surface area (Å²) in [6.45, 7) is 2.74. The molecule has 0 N–H and O–H groups in total. The molecule has 6 heteroatoms. The molecule has 3 atom stereocenters. The Balaban J connectivity index is 1.43. The van der Waals surface area contributed by atoms with E-state index in [4.69, 9.17) is 9.15 Å². The molecule has 4 rings (SSSR count). The van der Waals surface area contributed by atoms with Gasteiger partial charge in [0.15, 0.2) is 0 Å². The van der Waals surface area contributed by atoms with E-state index in [1.54, 1.807) is 17.9 Å². The number of esters is 1. The number of ether oxygens (including phenoxy) is 1. The first kappa shape index (κ1) is 18.5. The van der Waals surface area contributed by atoms with Crippen LogP contribution >= 0.6 is 0 Å². The van der Waals surface area contributed by atoms with Crippen LogP contribution in [0.5, 0.6) is 0 Å². The third kappa shape index (κ3) is 3.35. The van der Waals surface area contributed by atoms with Crippen molar-refractivity contribution in [1.29, 1.82) is 0 Å². The summed E-state index contributed by atoms with van der Waals surface area (Å²) in [5.74, 6) is 0.255. The molecule has 0 spiro atoms. The minimum atomic E-state index is -0.585. The minimum Gasteiger partial charge on any atom is -0.469 e. The maximum Gasteiger partial charge on any atom is 0.349 e. The molecule has 1 aliphatic carbocycles. The summed E-state index contributed by atoms with van der Waals surface area (Å²) in [5.41, 5.74) is 1.31. The Morgan fingerprint density at radius 3 is 2.43 bits per heavy atom. The lowest BCUT2D eigenvalue weighted by atomic mass is 10.1. The maximum absolute atomic E-state index is 12.8. The van der Waals surface area contributed by atoms with E-state index >= 15 is 0 Å². The molecule has 0 bridgehead atoms. The second-order valence-corrected chi connectivity index (χ2v) is 7.63. The number of likely N-dealkylation sites (tertiary alicyclic amines) is 1. The van der Waals surface area contributed by atoms with Crippen LogP contribution in [0.1, 0.15) is 27.2 Å². The van der Waals surface area contributed by atoms with Gasteiger partial charge in [-0.2, -0.15) is 0 Å². The van der Waals surface area contributed by atoms with Gasteiger partial charge in [0.2, 0.25) is 0 Å². The average Bonchev–Trinajstić information content (AvgIpc) is 3.19. The lowest BCUT2D eigenvalue weighted by molar-refractivity contribution is -0.143. The average molecular weight is 381 g/mol. The van der Waals surface area contributed by atoms with Crippen LogP contribution in [0.4, 0.5) is 0 Å². The molecule has 28 heavy (non-hydrogen) atoms. The van der Waals surface area contributed by atoms with Crippen LogP contribution in [0.15, 0.2) is 45.6 Å². The summed E-state index contributed by atoms with van der Waals surface area (Å²) in [7, 11) is 1.38. The lowest BCUT2D eigenvalue weighted by Gasteiger charge is -2.20. The molecular weight excluding hydrogens is 358 g/mol. The Labute approximate surface area is 163 Å². The molecule has 2 heterocycles. The summed E-state index contributed by atoms with van der Waals surface area (Å²) in [6.07, 6.45) is 1.37. The number of benzene rings is 1. The van der Waals surface area contributed by atoms with Gasteiger partial charge in [0, 0.05) is 19.5 Å². The highest BCUT2D eigenvalue weighted by molar-refractivity contribution is 5.95. The molecule has 1 aromatic carbocycles. The largest absolute Gasteiger partial charge is 0.469 e. The smallest absolute Gasteiger partial charge is 0.349 e. The predicted octanol–water partition coefficient (Wildman–Crippen LogP) is 2.22. The van der Waals surface area contributed by atoms with Gasteiger partial charge >= 0.3 is 11.6 Å². The number of carbonyl (C=O) groups excluding carboxylic acids is 2. The summed E-state index contributed by atoms with van der Waals surface area (Å²) in [4.78, 5) is 38.6. The van der Waals surface area contributed by atoms with Crippen molar-refractivity contribution in [3.8, 4) is 0 Å². The highest BCUT2D eigenvalue weighted by atomic mass is 16.5. The second kappa shape index (κ2) is 7.26. The first-order chi connectivity index (χ1) is 13.5. The topological polar surface area (TPSA) is 76.8 Å². The molecular formula is C22H23NO5. The first-order valence-corrected chi connectivity index (χ1v) is 9.54. The van der Waals surface area contributed by atoms with Crippen molar-refractivity contribution in [3.05, 3.63) is 69.3 Å². The van der Waals surface area contributed by atoms with E-state index in [0.29, 0.717) is 30.8 Å². The van der Waals surface area contributed by atoms with Gasteiger partial charge in [-0.1, -0.05) is 30.3 Å². The molecule has 2 aromatic rings. The quantitative estimate of drug-likeness (QED) is 0.743. The van der Waals surface area contributed by atoms with Gasteiger partial charge in [-0.25, -0.2) is 4.79 Å². The summed E-state index contributed by atoms with van der Waals surface area (Å²) in [5, 5.41) is 0. The molecule has 1 unspecified atom stereocenters. The molecule has 2 aliphatic rings. The SMILES string of the molecule is COC(=O)C1[C@H]2CN(C(=O)c3c(C)cc(CCc4ccccc4)oc3=O)C[C@@H]12. The first-order valence-electron chi connectivity index (χ1n) is 9.54. The summed E-state index contributed by atoms with van der Waals surface area (Å²) >= 11 is 0. The third-order valence-electron chi connectivity index (χ3n) is 5.87. The monoisotopic (exact) mass is 381 g/mol. The number of amides is 1. The third-order valence-corrected chi connectivity index (χ3v) is 5.87. The fraction of sp³-hybridized carbons (Fsp3) is 0.409. The zero-order chi connectivity index (χ0) is 19.8. The van der Waals surface area contributed by atoms with Crippen molar-refractivity contribution >= 4 is 11.9 Å². The molecule has 1 saturated carbocycles. The zero-order valence-electron chi connectivity index (χ0n) is 16.0. The Hall–Kier alpha value is -2.89. The zero-order valence-corrected chi connectivity index (χ0v) is 16.0. The van der Waals surface area contributed by atoms with Crippen molar-refractivity contribution in [2.24, 2.45) is 17.8 Å².